The first kappa shape index (κ1) is 15.3. The minimum absolute atomic E-state index is 0.318. The number of nitrogen functional groups attached to an aromatic ring is 1. The quantitative estimate of drug-likeness (QED) is 0.482. The molecule has 0 radical (unpaired) electrons. The van der Waals surface area contributed by atoms with Crippen LogP contribution in [0.25, 0.3) is 0 Å². The molecule has 112 valence electrons. The van der Waals surface area contributed by atoms with Gasteiger partial charge in [-0.1, -0.05) is 12.1 Å². The van der Waals surface area contributed by atoms with E-state index in [1.54, 1.807) is 14.0 Å². The molecule has 0 aliphatic carbocycles. The van der Waals surface area contributed by atoms with E-state index in [9.17, 15) is 4.79 Å². The average molecular weight is 307 g/mol. The summed E-state index contributed by atoms with van der Waals surface area (Å²) in [4.78, 5) is 16.4. The van der Waals surface area contributed by atoms with Crippen molar-refractivity contribution in [3.05, 3.63) is 39.8 Å². The lowest BCUT2D eigenvalue weighted by Gasteiger charge is -2.09. The van der Waals surface area contributed by atoms with Crippen LogP contribution in [0.3, 0.4) is 0 Å². The average Bonchev–Trinajstić information content (AvgIpc) is 2.88. The number of hydrazine groups is 1. The van der Waals surface area contributed by atoms with Gasteiger partial charge in [0.1, 0.15) is 4.88 Å². The number of nitrogens with two attached hydrogens (primary N) is 1. The van der Waals surface area contributed by atoms with E-state index in [2.05, 4.69) is 10.4 Å². The third kappa shape index (κ3) is 3.71. The Morgan fingerprint density at radius 1 is 1.38 bits per heavy atom. The minimum Gasteiger partial charge on any atom is -0.493 e. The molecule has 7 heteroatoms. The fraction of sp³-hybridized carbons (Fsp3) is 0.286. The Labute approximate surface area is 126 Å². The van der Waals surface area contributed by atoms with Crippen molar-refractivity contribution in [2.75, 3.05) is 13.7 Å². The fourth-order valence-electron chi connectivity index (χ4n) is 1.82. The van der Waals surface area contributed by atoms with E-state index in [1.165, 1.54) is 11.3 Å². The zero-order chi connectivity index (χ0) is 15.2. The van der Waals surface area contributed by atoms with Crippen molar-refractivity contribution in [1.82, 2.24) is 10.4 Å². The van der Waals surface area contributed by atoms with Crippen molar-refractivity contribution in [3.63, 3.8) is 0 Å². The Kier molecular flexibility index (Phi) is 5.13. The number of carbonyl (C=O) groups excluding carboxylic acids is 1. The topological polar surface area (TPSA) is 86.5 Å². The number of amides is 1. The van der Waals surface area contributed by atoms with E-state index in [-0.39, 0.29) is 5.91 Å². The van der Waals surface area contributed by atoms with Gasteiger partial charge in [-0.05, 0) is 19.1 Å². The third-order valence-electron chi connectivity index (χ3n) is 2.82. The van der Waals surface area contributed by atoms with Crippen molar-refractivity contribution < 1.29 is 14.3 Å². The second-order valence-corrected chi connectivity index (χ2v) is 5.33. The lowest BCUT2D eigenvalue weighted by molar-refractivity contribution is 0.0957. The van der Waals surface area contributed by atoms with Crippen LogP contribution in [0.15, 0.2) is 24.3 Å². The van der Waals surface area contributed by atoms with Crippen LogP contribution >= 0.6 is 11.3 Å². The van der Waals surface area contributed by atoms with Crippen molar-refractivity contribution in [2.24, 2.45) is 5.84 Å². The fourth-order valence-corrected chi connectivity index (χ4v) is 2.77. The maximum absolute atomic E-state index is 11.5. The van der Waals surface area contributed by atoms with Gasteiger partial charge >= 0.3 is 0 Å². The molecule has 0 bridgehead atoms. The summed E-state index contributed by atoms with van der Waals surface area (Å²) in [6.45, 7) is 2.24. The number of methoxy groups -OCH3 is 1. The summed E-state index contributed by atoms with van der Waals surface area (Å²) >= 11 is 1.32. The summed E-state index contributed by atoms with van der Waals surface area (Å²) in [6.07, 6.45) is 0.613. The summed E-state index contributed by atoms with van der Waals surface area (Å²) in [5, 5.41) is 0.834. The van der Waals surface area contributed by atoms with Gasteiger partial charge < -0.3 is 9.47 Å². The first-order chi connectivity index (χ1) is 10.2. The van der Waals surface area contributed by atoms with Crippen LogP contribution in [0.5, 0.6) is 11.5 Å². The van der Waals surface area contributed by atoms with Gasteiger partial charge in [0.05, 0.1) is 24.4 Å². The second kappa shape index (κ2) is 7.05. The number of para-hydroxylation sites is 2. The number of aromatic nitrogens is 1. The van der Waals surface area contributed by atoms with Crippen LogP contribution in [-0.4, -0.2) is 24.6 Å². The summed E-state index contributed by atoms with van der Waals surface area (Å²) in [5.74, 6) is 6.19. The van der Waals surface area contributed by atoms with E-state index in [1.807, 2.05) is 24.3 Å². The van der Waals surface area contributed by atoms with E-state index >= 15 is 0 Å². The van der Waals surface area contributed by atoms with Gasteiger partial charge in [-0.15, -0.1) is 11.3 Å². The summed E-state index contributed by atoms with van der Waals surface area (Å²) in [6, 6.07) is 7.45. The van der Waals surface area contributed by atoms with E-state index < -0.39 is 0 Å². The molecule has 6 nitrogen and oxygen atoms in total. The molecule has 0 unspecified atom stereocenters. The number of nitrogens with one attached hydrogen (secondary N) is 1. The van der Waals surface area contributed by atoms with Gasteiger partial charge in [0.25, 0.3) is 5.91 Å². The Balaban J connectivity index is 1.96. The molecule has 1 heterocycles. The Hall–Kier alpha value is -2.12. The Morgan fingerprint density at radius 3 is 2.76 bits per heavy atom. The number of ether oxygens (including phenoxy) is 2. The Bertz CT molecular complexity index is 628. The SMILES string of the molecule is COc1ccccc1OCCc1nc(C)c(C(=O)NN)s1. The van der Waals surface area contributed by atoms with Crippen molar-refractivity contribution in [1.29, 1.82) is 0 Å². The standard InChI is InChI=1S/C14H17N3O3S/c1-9-13(14(18)17-15)21-12(16-9)7-8-20-11-6-4-3-5-10(11)19-2/h3-6H,7-8,15H2,1-2H3,(H,17,18). The van der Waals surface area contributed by atoms with Gasteiger partial charge in [-0.2, -0.15) is 0 Å². The zero-order valence-electron chi connectivity index (χ0n) is 11.9. The summed E-state index contributed by atoms with van der Waals surface area (Å²) in [5.41, 5.74) is 2.79. The molecule has 2 rings (SSSR count). The van der Waals surface area contributed by atoms with Gasteiger partial charge in [-0.3, -0.25) is 10.2 Å². The highest BCUT2D eigenvalue weighted by molar-refractivity contribution is 7.13. The second-order valence-electron chi connectivity index (χ2n) is 4.24. The minimum atomic E-state index is -0.318. The molecule has 1 aromatic carbocycles. The lowest BCUT2D eigenvalue weighted by Crippen LogP contribution is -2.29. The monoisotopic (exact) mass is 307 g/mol. The maximum Gasteiger partial charge on any atom is 0.277 e. The van der Waals surface area contributed by atoms with E-state index in [0.717, 1.165) is 5.01 Å². The molecule has 1 aromatic heterocycles. The van der Waals surface area contributed by atoms with Crippen LogP contribution in [0.4, 0.5) is 0 Å². The zero-order valence-corrected chi connectivity index (χ0v) is 12.7. The lowest BCUT2D eigenvalue weighted by atomic mass is 10.3. The van der Waals surface area contributed by atoms with Gasteiger partial charge in [0, 0.05) is 6.42 Å². The van der Waals surface area contributed by atoms with Crippen LogP contribution < -0.4 is 20.7 Å². The van der Waals surface area contributed by atoms with Crippen LogP contribution in [-0.2, 0) is 6.42 Å². The van der Waals surface area contributed by atoms with Crippen LogP contribution in [0.2, 0.25) is 0 Å². The highest BCUT2D eigenvalue weighted by Crippen LogP contribution is 2.26. The van der Waals surface area contributed by atoms with E-state index in [4.69, 9.17) is 15.3 Å². The highest BCUT2D eigenvalue weighted by atomic mass is 32.1. The number of benzene rings is 1. The molecule has 0 atom stereocenters. The predicted molar refractivity (Wildman–Crippen MR) is 80.7 cm³/mol. The van der Waals surface area contributed by atoms with Crippen molar-refractivity contribution >= 4 is 17.2 Å². The molecule has 0 saturated carbocycles. The van der Waals surface area contributed by atoms with Crippen LogP contribution in [0.1, 0.15) is 20.4 Å². The van der Waals surface area contributed by atoms with Gasteiger partial charge in [0.2, 0.25) is 0 Å². The number of rotatable bonds is 6. The Morgan fingerprint density at radius 2 is 2.10 bits per heavy atom. The molecule has 0 spiro atoms. The third-order valence-corrected chi connectivity index (χ3v) is 4.04. The molecule has 3 N–H and O–H groups in total. The molecular weight excluding hydrogens is 290 g/mol. The normalized spacial score (nSPS) is 10.2. The summed E-state index contributed by atoms with van der Waals surface area (Å²) < 4.78 is 10.9. The summed E-state index contributed by atoms with van der Waals surface area (Å²) in [7, 11) is 1.60. The molecule has 2 aromatic rings. The number of hydrogen-bond acceptors (Lipinski definition) is 6. The molecule has 0 saturated heterocycles. The number of nitrogens with zero attached hydrogens (tertiary/aromatic N) is 1. The number of hydrogen-bond donors (Lipinski definition) is 2. The largest absolute Gasteiger partial charge is 0.493 e. The van der Waals surface area contributed by atoms with Crippen molar-refractivity contribution in [2.45, 2.75) is 13.3 Å². The predicted octanol–water partition coefficient (Wildman–Crippen LogP) is 1.69. The molecule has 0 aliphatic rings. The maximum atomic E-state index is 11.5. The van der Waals surface area contributed by atoms with Gasteiger partial charge in [0.15, 0.2) is 11.5 Å². The highest BCUT2D eigenvalue weighted by Gasteiger charge is 2.14. The first-order valence-corrected chi connectivity index (χ1v) is 7.20. The number of aryl methyl sites for hydroxylation is 1. The van der Waals surface area contributed by atoms with Crippen LogP contribution in [0, 0.1) is 6.92 Å². The van der Waals surface area contributed by atoms with Crippen molar-refractivity contribution in [3.8, 4) is 11.5 Å². The first-order valence-electron chi connectivity index (χ1n) is 6.38. The molecule has 0 aliphatic heterocycles. The number of thiazole rings is 1. The molecule has 0 fully saturated rings. The van der Waals surface area contributed by atoms with E-state index in [0.29, 0.717) is 35.1 Å². The molecule has 1 amide bonds. The molecule has 21 heavy (non-hydrogen) atoms. The number of carbonyl (C=O) groups is 1. The smallest absolute Gasteiger partial charge is 0.277 e. The molecular formula is C14H17N3O3S. The van der Waals surface area contributed by atoms with Gasteiger partial charge in [-0.25, -0.2) is 10.8 Å².